The number of halogens is 2. The van der Waals surface area contributed by atoms with E-state index in [1.807, 2.05) is 13.0 Å². The Hall–Kier alpha value is -1.63. The number of thiocarbonyl (C=S) groups is 1. The van der Waals surface area contributed by atoms with Crippen LogP contribution in [0.25, 0.3) is 6.08 Å². The smallest absolute Gasteiger partial charge is 0.250 e. The van der Waals surface area contributed by atoms with Crippen LogP contribution in [-0.2, 0) is 4.79 Å². The quantitative estimate of drug-likeness (QED) is 0.588. The summed E-state index contributed by atoms with van der Waals surface area (Å²) in [6, 6.07) is 8.87. The molecule has 0 atom stereocenters. The van der Waals surface area contributed by atoms with E-state index in [0.29, 0.717) is 16.5 Å². The number of carbonyl (C=O) groups is 1. The molecule has 2 aromatic rings. The molecule has 0 bridgehead atoms. The summed E-state index contributed by atoms with van der Waals surface area (Å²) in [5.74, 6) is 1.03. The van der Waals surface area contributed by atoms with Gasteiger partial charge in [-0.2, -0.15) is 0 Å². The number of aryl methyl sites for hydroxylation is 1. The number of amides is 1. The summed E-state index contributed by atoms with van der Waals surface area (Å²) >= 11 is 14.4. The third kappa shape index (κ3) is 4.98. The second-order valence-electron chi connectivity index (χ2n) is 4.35. The van der Waals surface area contributed by atoms with E-state index in [1.54, 1.807) is 30.3 Å². The van der Waals surface area contributed by atoms with Crippen LogP contribution in [0.3, 0.4) is 0 Å². The van der Waals surface area contributed by atoms with Gasteiger partial charge in [0.2, 0.25) is 5.91 Å². The molecule has 0 saturated carbocycles. The maximum absolute atomic E-state index is 11.7. The fourth-order valence-electron chi connectivity index (χ4n) is 1.59. The Kier molecular flexibility index (Phi) is 5.76. The number of hydrogen-bond acceptors (Lipinski definition) is 3. The second kappa shape index (κ2) is 7.58. The SMILES string of the molecule is Cc1ccc(/C=C/C(=O)NC(=S)Nc2ccc(Br)c(Cl)c2)o1. The number of anilines is 1. The minimum atomic E-state index is -0.352. The molecule has 0 aliphatic carbocycles. The van der Waals surface area contributed by atoms with Crippen molar-refractivity contribution in [2.45, 2.75) is 6.92 Å². The second-order valence-corrected chi connectivity index (χ2v) is 6.02. The number of furan rings is 1. The Balaban J connectivity index is 1.89. The predicted octanol–water partition coefficient (Wildman–Crippen LogP) is 4.53. The molecule has 1 amide bonds. The van der Waals surface area contributed by atoms with Crippen molar-refractivity contribution in [2.24, 2.45) is 0 Å². The maximum atomic E-state index is 11.7. The van der Waals surface area contributed by atoms with E-state index in [1.165, 1.54) is 6.08 Å². The molecule has 114 valence electrons. The molecular weight excluding hydrogens is 388 g/mol. The topological polar surface area (TPSA) is 54.3 Å². The van der Waals surface area contributed by atoms with E-state index >= 15 is 0 Å². The molecule has 22 heavy (non-hydrogen) atoms. The van der Waals surface area contributed by atoms with Gasteiger partial charge in [-0.25, -0.2) is 0 Å². The van der Waals surface area contributed by atoms with Gasteiger partial charge < -0.3 is 9.73 Å². The zero-order chi connectivity index (χ0) is 16.1. The highest BCUT2D eigenvalue weighted by atomic mass is 79.9. The molecule has 0 unspecified atom stereocenters. The minimum absolute atomic E-state index is 0.184. The van der Waals surface area contributed by atoms with Gasteiger partial charge in [-0.3, -0.25) is 10.1 Å². The lowest BCUT2D eigenvalue weighted by Crippen LogP contribution is -2.32. The summed E-state index contributed by atoms with van der Waals surface area (Å²) in [7, 11) is 0. The molecule has 0 saturated heterocycles. The van der Waals surface area contributed by atoms with E-state index in [4.69, 9.17) is 28.2 Å². The van der Waals surface area contributed by atoms with Crippen LogP contribution < -0.4 is 10.6 Å². The molecule has 0 aliphatic heterocycles. The van der Waals surface area contributed by atoms with Gasteiger partial charge in [0.25, 0.3) is 0 Å². The Morgan fingerprint density at radius 2 is 2.14 bits per heavy atom. The summed E-state index contributed by atoms with van der Waals surface area (Å²) in [4.78, 5) is 11.7. The van der Waals surface area contributed by atoms with Gasteiger partial charge in [0.15, 0.2) is 5.11 Å². The van der Waals surface area contributed by atoms with Crippen molar-refractivity contribution in [1.29, 1.82) is 0 Å². The monoisotopic (exact) mass is 398 g/mol. The van der Waals surface area contributed by atoms with Crippen molar-refractivity contribution in [3.05, 3.63) is 57.4 Å². The Morgan fingerprint density at radius 3 is 2.77 bits per heavy atom. The van der Waals surface area contributed by atoms with E-state index in [0.717, 1.165) is 10.2 Å². The van der Waals surface area contributed by atoms with Crippen LogP contribution in [0.5, 0.6) is 0 Å². The Bertz CT molecular complexity index is 743. The molecule has 0 fully saturated rings. The molecule has 4 nitrogen and oxygen atoms in total. The van der Waals surface area contributed by atoms with Crippen molar-refractivity contribution in [3.8, 4) is 0 Å². The van der Waals surface area contributed by atoms with Crippen molar-refractivity contribution >= 4 is 62.5 Å². The van der Waals surface area contributed by atoms with Gasteiger partial charge in [-0.15, -0.1) is 0 Å². The first kappa shape index (κ1) is 16.7. The number of benzene rings is 1. The van der Waals surface area contributed by atoms with Crippen LogP contribution in [0.4, 0.5) is 5.69 Å². The highest BCUT2D eigenvalue weighted by Crippen LogP contribution is 2.25. The van der Waals surface area contributed by atoms with E-state index < -0.39 is 0 Å². The number of carbonyl (C=O) groups excluding carboxylic acids is 1. The summed E-state index contributed by atoms with van der Waals surface area (Å²) < 4.78 is 6.11. The zero-order valence-electron chi connectivity index (χ0n) is 11.5. The van der Waals surface area contributed by atoms with Gasteiger partial charge in [0.05, 0.1) is 5.02 Å². The van der Waals surface area contributed by atoms with Crippen molar-refractivity contribution in [1.82, 2.24) is 5.32 Å². The highest BCUT2D eigenvalue weighted by molar-refractivity contribution is 9.10. The first-order chi connectivity index (χ1) is 10.4. The zero-order valence-corrected chi connectivity index (χ0v) is 14.7. The summed E-state index contributed by atoms with van der Waals surface area (Å²) in [5, 5.41) is 6.15. The van der Waals surface area contributed by atoms with E-state index in [2.05, 4.69) is 26.6 Å². The standard InChI is InChI=1S/C15H12BrClN2O2S/c1-9-2-4-11(21-9)5-7-14(20)19-15(22)18-10-3-6-12(16)13(17)8-10/h2-8H,1H3,(H2,18,19,20,22)/b7-5+. The van der Waals surface area contributed by atoms with Crippen molar-refractivity contribution in [3.63, 3.8) is 0 Å². The molecule has 1 aromatic carbocycles. The number of rotatable bonds is 3. The molecule has 1 aromatic heterocycles. The predicted molar refractivity (Wildman–Crippen MR) is 96.0 cm³/mol. The molecule has 0 radical (unpaired) electrons. The van der Waals surface area contributed by atoms with Crippen LogP contribution in [-0.4, -0.2) is 11.0 Å². The molecule has 2 rings (SSSR count). The summed E-state index contributed by atoms with van der Waals surface area (Å²) in [5.41, 5.74) is 0.684. The Morgan fingerprint density at radius 1 is 1.36 bits per heavy atom. The third-order valence-corrected chi connectivity index (χ3v) is 4.01. The fraction of sp³-hybridized carbons (Fsp3) is 0.0667. The first-order valence-electron chi connectivity index (χ1n) is 6.25. The minimum Gasteiger partial charge on any atom is -0.462 e. The van der Waals surface area contributed by atoms with Crippen LogP contribution in [0.15, 0.2) is 45.3 Å². The number of hydrogen-bond donors (Lipinski definition) is 2. The summed E-state index contributed by atoms with van der Waals surface area (Å²) in [6.45, 7) is 1.83. The molecule has 2 N–H and O–H groups in total. The van der Waals surface area contributed by atoms with Crippen LogP contribution >= 0.6 is 39.7 Å². The fourth-order valence-corrected chi connectivity index (χ4v) is 2.24. The highest BCUT2D eigenvalue weighted by Gasteiger charge is 2.04. The third-order valence-electron chi connectivity index (χ3n) is 2.57. The van der Waals surface area contributed by atoms with Crippen LogP contribution in [0, 0.1) is 6.92 Å². The Labute approximate surface area is 146 Å². The molecule has 0 spiro atoms. The average Bonchev–Trinajstić information content (AvgIpc) is 2.86. The maximum Gasteiger partial charge on any atom is 0.250 e. The average molecular weight is 400 g/mol. The van der Waals surface area contributed by atoms with Crippen LogP contribution in [0.1, 0.15) is 11.5 Å². The summed E-state index contributed by atoms with van der Waals surface area (Å²) in [6.07, 6.45) is 2.92. The normalized spacial score (nSPS) is 10.7. The number of nitrogens with one attached hydrogen (secondary N) is 2. The van der Waals surface area contributed by atoms with Gasteiger partial charge in [0.1, 0.15) is 11.5 Å². The van der Waals surface area contributed by atoms with E-state index in [-0.39, 0.29) is 11.0 Å². The van der Waals surface area contributed by atoms with Gasteiger partial charge >= 0.3 is 0 Å². The lowest BCUT2D eigenvalue weighted by Gasteiger charge is -2.08. The van der Waals surface area contributed by atoms with Crippen molar-refractivity contribution in [2.75, 3.05) is 5.32 Å². The van der Waals surface area contributed by atoms with Gasteiger partial charge in [0, 0.05) is 16.2 Å². The van der Waals surface area contributed by atoms with Crippen molar-refractivity contribution < 1.29 is 9.21 Å². The molecular formula is C15H12BrClN2O2S. The largest absolute Gasteiger partial charge is 0.462 e. The molecule has 7 heteroatoms. The van der Waals surface area contributed by atoms with Gasteiger partial charge in [-0.05, 0) is 71.5 Å². The van der Waals surface area contributed by atoms with E-state index in [9.17, 15) is 4.79 Å². The molecule has 1 heterocycles. The van der Waals surface area contributed by atoms with Gasteiger partial charge in [-0.1, -0.05) is 11.6 Å². The first-order valence-corrected chi connectivity index (χ1v) is 7.83. The van der Waals surface area contributed by atoms with Crippen LogP contribution in [0.2, 0.25) is 5.02 Å². The molecule has 0 aliphatic rings. The lowest BCUT2D eigenvalue weighted by molar-refractivity contribution is -0.115. The lowest BCUT2D eigenvalue weighted by atomic mass is 10.3.